The van der Waals surface area contributed by atoms with Gasteiger partial charge in [-0.15, -0.1) is 0 Å². The van der Waals surface area contributed by atoms with E-state index in [1.54, 1.807) is 0 Å². The first-order chi connectivity index (χ1) is 4.68. The summed E-state index contributed by atoms with van der Waals surface area (Å²) in [6, 6.07) is -0.634. The molecular weight excluding hydrogens is 152 g/mol. The monoisotopic (exact) mass is 162 g/mol. The summed E-state index contributed by atoms with van der Waals surface area (Å²) in [5.74, 6) is 0.244. The minimum atomic E-state index is -0.634. The molecule has 0 aromatic heterocycles. The largest absolute Gasteiger partial charge is 0.368 e. The van der Waals surface area contributed by atoms with Gasteiger partial charge in [-0.2, -0.15) is 11.8 Å². The SMILES string of the molecule is NC(=O)[C@@H](N)CSCC=O. The fourth-order valence-electron chi connectivity index (χ4n) is 0.325. The number of rotatable bonds is 5. The van der Waals surface area contributed by atoms with Crippen LogP contribution in [0.4, 0.5) is 0 Å². The number of thioether (sulfide) groups is 1. The highest BCUT2D eigenvalue weighted by molar-refractivity contribution is 7.99. The molecule has 10 heavy (non-hydrogen) atoms. The quantitative estimate of drug-likeness (QED) is 0.390. The highest BCUT2D eigenvalue weighted by Gasteiger charge is 2.07. The molecule has 0 heterocycles. The van der Waals surface area contributed by atoms with Crippen molar-refractivity contribution >= 4 is 24.0 Å². The predicted molar refractivity (Wildman–Crippen MR) is 40.6 cm³/mol. The van der Waals surface area contributed by atoms with Crippen LogP contribution in [0.5, 0.6) is 0 Å². The molecule has 0 aromatic carbocycles. The van der Waals surface area contributed by atoms with E-state index in [1.165, 1.54) is 11.8 Å². The molecule has 5 heteroatoms. The van der Waals surface area contributed by atoms with Crippen LogP contribution in [0.25, 0.3) is 0 Å². The molecule has 0 bridgehead atoms. The Morgan fingerprint density at radius 2 is 2.30 bits per heavy atom. The second-order valence-electron chi connectivity index (χ2n) is 1.71. The fourth-order valence-corrected chi connectivity index (χ4v) is 0.976. The molecule has 0 saturated heterocycles. The van der Waals surface area contributed by atoms with Gasteiger partial charge in [0, 0.05) is 11.5 Å². The highest BCUT2D eigenvalue weighted by atomic mass is 32.2. The Morgan fingerprint density at radius 1 is 1.70 bits per heavy atom. The second kappa shape index (κ2) is 5.25. The van der Waals surface area contributed by atoms with Gasteiger partial charge in [0.1, 0.15) is 6.29 Å². The molecule has 0 saturated carbocycles. The van der Waals surface area contributed by atoms with E-state index in [4.69, 9.17) is 11.5 Å². The maximum Gasteiger partial charge on any atom is 0.235 e. The number of aldehydes is 1. The van der Waals surface area contributed by atoms with Gasteiger partial charge in [0.2, 0.25) is 5.91 Å². The molecule has 1 amide bonds. The molecule has 0 rings (SSSR count). The number of amides is 1. The predicted octanol–water partition coefficient (Wildman–Crippen LogP) is -1.27. The van der Waals surface area contributed by atoms with E-state index >= 15 is 0 Å². The van der Waals surface area contributed by atoms with Crippen LogP contribution in [-0.4, -0.2) is 29.7 Å². The zero-order valence-corrected chi connectivity index (χ0v) is 6.26. The van der Waals surface area contributed by atoms with Crippen molar-refractivity contribution in [2.24, 2.45) is 11.5 Å². The van der Waals surface area contributed by atoms with E-state index in [1.807, 2.05) is 0 Å². The average molecular weight is 162 g/mol. The number of primary amides is 1. The number of hydrogen-bond donors (Lipinski definition) is 2. The first-order valence-electron chi connectivity index (χ1n) is 2.74. The van der Waals surface area contributed by atoms with Crippen LogP contribution in [0.15, 0.2) is 0 Å². The standard InChI is InChI=1S/C5H10N2O2S/c6-4(5(7)9)3-10-2-1-8/h1,4H,2-3,6H2,(H2,7,9)/t4-/m0/s1. The van der Waals surface area contributed by atoms with Crippen molar-refractivity contribution in [2.45, 2.75) is 6.04 Å². The fraction of sp³-hybridized carbons (Fsp3) is 0.600. The summed E-state index contributed by atoms with van der Waals surface area (Å²) in [5.41, 5.74) is 10.1. The molecule has 0 aliphatic heterocycles. The van der Waals surface area contributed by atoms with Crippen molar-refractivity contribution in [3.63, 3.8) is 0 Å². The van der Waals surface area contributed by atoms with E-state index in [0.717, 1.165) is 6.29 Å². The summed E-state index contributed by atoms with van der Waals surface area (Å²) in [7, 11) is 0. The number of nitrogens with two attached hydrogens (primary N) is 2. The Bertz CT molecular complexity index is 129. The summed E-state index contributed by atoms with van der Waals surface area (Å²) in [4.78, 5) is 20.1. The Hall–Kier alpha value is -0.550. The van der Waals surface area contributed by atoms with Crippen LogP contribution in [-0.2, 0) is 9.59 Å². The van der Waals surface area contributed by atoms with E-state index in [9.17, 15) is 9.59 Å². The summed E-state index contributed by atoms with van der Waals surface area (Å²) in [5, 5.41) is 0. The van der Waals surface area contributed by atoms with E-state index < -0.39 is 11.9 Å². The molecule has 0 aliphatic carbocycles. The van der Waals surface area contributed by atoms with Crippen LogP contribution in [0.1, 0.15) is 0 Å². The molecule has 4 nitrogen and oxygen atoms in total. The first-order valence-corrected chi connectivity index (χ1v) is 3.90. The molecule has 0 fully saturated rings. The van der Waals surface area contributed by atoms with Crippen molar-refractivity contribution in [1.29, 1.82) is 0 Å². The van der Waals surface area contributed by atoms with Gasteiger partial charge < -0.3 is 16.3 Å². The van der Waals surface area contributed by atoms with Gasteiger partial charge in [-0.3, -0.25) is 4.79 Å². The molecule has 0 radical (unpaired) electrons. The smallest absolute Gasteiger partial charge is 0.235 e. The zero-order chi connectivity index (χ0) is 7.98. The minimum absolute atomic E-state index is 0.362. The Morgan fingerprint density at radius 3 is 2.70 bits per heavy atom. The second-order valence-corrected chi connectivity index (χ2v) is 2.79. The average Bonchev–Trinajstić information content (AvgIpc) is 1.88. The van der Waals surface area contributed by atoms with Crippen molar-refractivity contribution in [3.05, 3.63) is 0 Å². The van der Waals surface area contributed by atoms with Gasteiger partial charge in [0.25, 0.3) is 0 Å². The summed E-state index contributed by atoms with van der Waals surface area (Å²) in [6.45, 7) is 0. The Labute approximate surface area is 63.3 Å². The minimum Gasteiger partial charge on any atom is -0.368 e. The van der Waals surface area contributed by atoms with Gasteiger partial charge in [-0.25, -0.2) is 0 Å². The molecule has 0 unspecified atom stereocenters. The van der Waals surface area contributed by atoms with Crippen LogP contribution < -0.4 is 11.5 Å². The molecule has 0 aromatic rings. The Balaban J connectivity index is 3.30. The topological polar surface area (TPSA) is 86.2 Å². The van der Waals surface area contributed by atoms with Gasteiger partial charge in [0.05, 0.1) is 6.04 Å². The van der Waals surface area contributed by atoms with Crippen molar-refractivity contribution in [3.8, 4) is 0 Å². The maximum absolute atomic E-state index is 10.3. The van der Waals surface area contributed by atoms with Gasteiger partial charge in [0.15, 0.2) is 0 Å². The third-order valence-corrected chi connectivity index (χ3v) is 1.82. The zero-order valence-electron chi connectivity index (χ0n) is 5.45. The van der Waals surface area contributed by atoms with Crippen LogP contribution >= 0.6 is 11.8 Å². The Kier molecular flexibility index (Phi) is 4.96. The molecule has 4 N–H and O–H groups in total. The third kappa shape index (κ3) is 4.34. The number of carbonyl (C=O) groups excluding carboxylic acids is 2. The molecule has 0 aliphatic rings. The summed E-state index contributed by atoms with van der Waals surface area (Å²) < 4.78 is 0. The van der Waals surface area contributed by atoms with Crippen LogP contribution in [0.3, 0.4) is 0 Å². The van der Waals surface area contributed by atoms with Crippen molar-refractivity contribution < 1.29 is 9.59 Å². The number of carbonyl (C=O) groups is 2. The molecular formula is C5H10N2O2S. The van der Waals surface area contributed by atoms with Crippen LogP contribution in [0, 0.1) is 0 Å². The van der Waals surface area contributed by atoms with Gasteiger partial charge >= 0.3 is 0 Å². The highest BCUT2D eigenvalue weighted by Crippen LogP contribution is 1.98. The summed E-state index contributed by atoms with van der Waals surface area (Å²) in [6.07, 6.45) is 0.762. The maximum atomic E-state index is 10.3. The first kappa shape index (κ1) is 9.45. The third-order valence-electron chi connectivity index (χ3n) is 0.849. The lowest BCUT2D eigenvalue weighted by atomic mass is 10.3. The van der Waals surface area contributed by atoms with Gasteiger partial charge in [-0.05, 0) is 0 Å². The van der Waals surface area contributed by atoms with Crippen molar-refractivity contribution in [1.82, 2.24) is 0 Å². The van der Waals surface area contributed by atoms with Gasteiger partial charge in [-0.1, -0.05) is 0 Å². The molecule has 1 atom stereocenters. The van der Waals surface area contributed by atoms with Crippen molar-refractivity contribution in [2.75, 3.05) is 11.5 Å². The molecule has 0 spiro atoms. The van der Waals surface area contributed by atoms with Crippen LogP contribution in [0.2, 0.25) is 0 Å². The lowest BCUT2D eigenvalue weighted by Gasteiger charge is -2.03. The lowest BCUT2D eigenvalue weighted by molar-refractivity contribution is -0.118. The summed E-state index contributed by atoms with van der Waals surface area (Å²) >= 11 is 1.30. The van der Waals surface area contributed by atoms with E-state index in [2.05, 4.69) is 0 Å². The molecule has 58 valence electrons. The van der Waals surface area contributed by atoms with E-state index in [0.29, 0.717) is 11.5 Å². The van der Waals surface area contributed by atoms with E-state index in [-0.39, 0.29) is 0 Å². The lowest BCUT2D eigenvalue weighted by Crippen LogP contribution is -2.38. The normalized spacial score (nSPS) is 12.5. The number of hydrogen-bond acceptors (Lipinski definition) is 4.